The van der Waals surface area contributed by atoms with Crippen molar-refractivity contribution < 1.29 is 17.7 Å². The lowest BCUT2D eigenvalue weighted by Gasteiger charge is -2.18. The monoisotopic (exact) mass is 460 g/mol. The van der Waals surface area contributed by atoms with Crippen LogP contribution in [0.3, 0.4) is 0 Å². The first-order valence-electron chi connectivity index (χ1n) is 10.1. The molecule has 3 aromatic rings. The van der Waals surface area contributed by atoms with Gasteiger partial charge in [0.15, 0.2) is 5.82 Å². The fraction of sp³-hybridized carbons (Fsp3) is 0.381. The van der Waals surface area contributed by atoms with Crippen LogP contribution in [0.25, 0.3) is 0 Å². The van der Waals surface area contributed by atoms with Crippen molar-refractivity contribution in [2.24, 2.45) is 5.92 Å². The van der Waals surface area contributed by atoms with Gasteiger partial charge in [0.05, 0.1) is 6.42 Å². The first-order chi connectivity index (χ1) is 14.8. The van der Waals surface area contributed by atoms with Gasteiger partial charge < -0.3 is 9.84 Å². The smallest absolute Gasteiger partial charge is 0.271 e. The fourth-order valence-corrected chi connectivity index (χ4v) is 5.17. The molecule has 4 rings (SSSR count). The minimum absolute atomic E-state index is 0.0884. The Hall–Kier alpha value is -2.72. The summed E-state index contributed by atoms with van der Waals surface area (Å²) in [5.41, 5.74) is 1.21. The number of amides is 1. The molecule has 1 atom stereocenters. The van der Waals surface area contributed by atoms with Gasteiger partial charge >= 0.3 is 0 Å². The molecule has 164 valence electrons. The zero-order chi connectivity index (χ0) is 22.0. The normalized spacial score (nSPS) is 15.1. The molecule has 2 N–H and O–H groups in total. The van der Waals surface area contributed by atoms with Gasteiger partial charge in [-0.3, -0.25) is 9.52 Å². The van der Waals surface area contributed by atoms with Gasteiger partial charge in [-0.1, -0.05) is 37.2 Å². The lowest BCUT2D eigenvalue weighted by atomic mass is 10.0. The number of nitrogens with zero attached hydrogens (tertiary/aromatic N) is 2. The van der Waals surface area contributed by atoms with Crippen molar-refractivity contribution in [3.63, 3.8) is 0 Å². The molecule has 8 nitrogen and oxygen atoms in total. The zero-order valence-corrected chi connectivity index (χ0v) is 18.9. The average molecular weight is 461 g/mol. The van der Waals surface area contributed by atoms with E-state index in [4.69, 9.17) is 4.52 Å². The predicted molar refractivity (Wildman–Crippen MR) is 117 cm³/mol. The summed E-state index contributed by atoms with van der Waals surface area (Å²) in [6.45, 7) is 3.97. The van der Waals surface area contributed by atoms with Crippen molar-refractivity contribution in [1.29, 1.82) is 0 Å². The maximum Gasteiger partial charge on any atom is 0.271 e. The van der Waals surface area contributed by atoms with E-state index in [9.17, 15) is 13.2 Å². The lowest BCUT2D eigenvalue weighted by molar-refractivity contribution is -0.121. The molecule has 31 heavy (non-hydrogen) atoms. The summed E-state index contributed by atoms with van der Waals surface area (Å²) in [6, 6.07) is 9.63. The van der Waals surface area contributed by atoms with Crippen molar-refractivity contribution in [2.45, 2.75) is 49.3 Å². The molecular formula is C21H24N4O4S2. The molecule has 1 fully saturated rings. The summed E-state index contributed by atoms with van der Waals surface area (Å²) in [5.74, 6) is 1.46. The molecule has 2 heterocycles. The molecule has 1 saturated carbocycles. The number of hydrogen-bond acceptors (Lipinski definition) is 7. The SMILES string of the molecule is CC(C)C(NC(=O)Cc1ccc(NS(=O)(=O)c2cccs2)cc1)c1nc(C2CC2)no1. The maximum absolute atomic E-state index is 12.6. The topological polar surface area (TPSA) is 114 Å². The van der Waals surface area contributed by atoms with Crippen molar-refractivity contribution in [3.8, 4) is 0 Å². The third-order valence-electron chi connectivity index (χ3n) is 4.98. The van der Waals surface area contributed by atoms with Gasteiger partial charge in [-0.25, -0.2) is 8.42 Å². The van der Waals surface area contributed by atoms with E-state index in [2.05, 4.69) is 20.2 Å². The summed E-state index contributed by atoms with van der Waals surface area (Å²) in [5, 5.41) is 8.73. The Bertz CT molecular complexity index is 1130. The minimum atomic E-state index is -3.60. The Balaban J connectivity index is 1.37. The zero-order valence-electron chi connectivity index (χ0n) is 17.2. The Morgan fingerprint density at radius 1 is 1.23 bits per heavy atom. The molecule has 0 aliphatic heterocycles. The number of carbonyl (C=O) groups excluding carboxylic acids is 1. The highest BCUT2D eigenvalue weighted by Crippen LogP contribution is 2.38. The second-order valence-electron chi connectivity index (χ2n) is 7.97. The average Bonchev–Trinajstić information content (AvgIpc) is 3.21. The number of rotatable bonds is 9. The van der Waals surface area contributed by atoms with Gasteiger partial charge in [-0.15, -0.1) is 11.3 Å². The summed E-state index contributed by atoms with van der Waals surface area (Å²) in [4.78, 5) is 17.1. The molecule has 1 unspecified atom stereocenters. The third-order valence-corrected chi connectivity index (χ3v) is 7.76. The molecule has 1 aliphatic carbocycles. The molecule has 0 saturated heterocycles. The van der Waals surface area contributed by atoms with Crippen molar-refractivity contribution in [2.75, 3.05) is 4.72 Å². The second-order valence-corrected chi connectivity index (χ2v) is 10.8. The third kappa shape index (κ3) is 5.31. The summed E-state index contributed by atoms with van der Waals surface area (Å²) in [7, 11) is -3.60. The molecule has 0 spiro atoms. The van der Waals surface area contributed by atoms with E-state index < -0.39 is 10.0 Å². The molecule has 10 heteroatoms. The Morgan fingerprint density at radius 2 is 1.97 bits per heavy atom. The van der Waals surface area contributed by atoms with Gasteiger partial charge in [0, 0.05) is 11.6 Å². The van der Waals surface area contributed by atoms with E-state index in [1.807, 2.05) is 13.8 Å². The number of hydrogen-bond donors (Lipinski definition) is 2. The van der Waals surface area contributed by atoms with Crippen LogP contribution in [0, 0.1) is 5.92 Å². The number of benzene rings is 1. The van der Waals surface area contributed by atoms with Crippen LogP contribution < -0.4 is 10.0 Å². The number of anilines is 1. The number of thiophene rings is 1. The number of carbonyl (C=O) groups is 1. The van der Waals surface area contributed by atoms with Gasteiger partial charge in [0.1, 0.15) is 10.3 Å². The summed E-state index contributed by atoms with van der Waals surface area (Å²) >= 11 is 1.15. The van der Waals surface area contributed by atoms with E-state index >= 15 is 0 Å². The molecule has 0 radical (unpaired) electrons. The van der Waals surface area contributed by atoms with Crippen molar-refractivity contribution >= 4 is 33.0 Å². The van der Waals surface area contributed by atoms with E-state index in [-0.39, 0.29) is 28.5 Å². The highest BCUT2D eigenvalue weighted by atomic mass is 32.2. The highest BCUT2D eigenvalue weighted by molar-refractivity contribution is 7.94. The summed E-state index contributed by atoms with van der Waals surface area (Å²) < 4.78 is 32.8. The van der Waals surface area contributed by atoms with Crippen LogP contribution in [-0.4, -0.2) is 24.5 Å². The van der Waals surface area contributed by atoms with Gasteiger partial charge in [0.2, 0.25) is 11.8 Å². The van der Waals surface area contributed by atoms with Crippen molar-refractivity contribution in [1.82, 2.24) is 15.5 Å². The molecular weight excluding hydrogens is 436 g/mol. The summed E-state index contributed by atoms with van der Waals surface area (Å²) in [6.07, 6.45) is 2.32. The van der Waals surface area contributed by atoms with Gasteiger partial charge in [-0.2, -0.15) is 4.98 Å². The van der Waals surface area contributed by atoms with E-state index in [0.29, 0.717) is 17.5 Å². The molecule has 1 aromatic carbocycles. The van der Waals surface area contributed by atoms with E-state index in [1.54, 1.807) is 41.8 Å². The van der Waals surface area contributed by atoms with Crippen LogP contribution in [-0.2, 0) is 21.2 Å². The van der Waals surface area contributed by atoms with Crippen LogP contribution >= 0.6 is 11.3 Å². The minimum Gasteiger partial charge on any atom is -0.344 e. The molecule has 1 amide bonds. The Morgan fingerprint density at radius 3 is 2.58 bits per heavy atom. The standard InChI is InChI=1S/C21H24N4O4S2/c1-13(2)19(21-23-20(24-29-21)15-7-8-15)22-17(26)12-14-5-9-16(10-6-14)25-31(27,28)18-4-3-11-30-18/h3-6,9-11,13,15,19,25H,7-8,12H2,1-2H3,(H,22,26). The quantitative estimate of drug-likeness (QED) is 0.501. The maximum atomic E-state index is 12.6. The molecule has 1 aliphatic rings. The van der Waals surface area contributed by atoms with E-state index in [1.165, 1.54) is 0 Å². The number of sulfonamides is 1. The fourth-order valence-electron chi connectivity index (χ4n) is 3.12. The predicted octanol–water partition coefficient (Wildman–Crippen LogP) is 3.87. The molecule has 0 bridgehead atoms. The van der Waals surface area contributed by atoms with Crippen LogP contribution in [0.1, 0.15) is 55.9 Å². The van der Waals surface area contributed by atoms with Crippen LogP contribution in [0.4, 0.5) is 5.69 Å². The first-order valence-corrected chi connectivity index (χ1v) is 12.5. The Labute approximate surface area is 185 Å². The van der Waals surface area contributed by atoms with E-state index in [0.717, 1.165) is 35.6 Å². The second kappa shape index (κ2) is 8.80. The largest absolute Gasteiger partial charge is 0.344 e. The van der Waals surface area contributed by atoms with Crippen LogP contribution in [0.2, 0.25) is 0 Å². The highest BCUT2D eigenvalue weighted by Gasteiger charge is 2.31. The first kappa shape index (κ1) is 21.5. The van der Waals surface area contributed by atoms with Crippen molar-refractivity contribution in [3.05, 3.63) is 59.1 Å². The van der Waals surface area contributed by atoms with Gasteiger partial charge in [0.25, 0.3) is 10.0 Å². The number of aromatic nitrogens is 2. The number of nitrogens with one attached hydrogen (secondary N) is 2. The lowest BCUT2D eigenvalue weighted by Crippen LogP contribution is -2.33. The van der Waals surface area contributed by atoms with Gasteiger partial charge in [-0.05, 0) is 47.9 Å². The van der Waals surface area contributed by atoms with Crippen LogP contribution in [0.15, 0.2) is 50.5 Å². The Kier molecular flexibility index (Phi) is 6.10. The van der Waals surface area contributed by atoms with Crippen LogP contribution in [0.5, 0.6) is 0 Å². The molecule has 2 aromatic heterocycles.